The van der Waals surface area contributed by atoms with E-state index in [1.807, 2.05) is 0 Å². The molecule has 126 valence electrons. The zero-order chi connectivity index (χ0) is 16.8. The van der Waals surface area contributed by atoms with Gasteiger partial charge in [0.25, 0.3) is 0 Å². The van der Waals surface area contributed by atoms with Crippen molar-refractivity contribution in [2.75, 3.05) is 0 Å². The van der Waals surface area contributed by atoms with Gasteiger partial charge in [-0.25, -0.2) is 0 Å². The van der Waals surface area contributed by atoms with Gasteiger partial charge in [-0.3, -0.25) is 0 Å². The molecule has 21 heavy (non-hydrogen) atoms. The molecule has 1 rings (SSSR count). The van der Waals surface area contributed by atoms with Crippen LogP contribution in [0.15, 0.2) is 0 Å². The molecule has 0 aromatic rings. The van der Waals surface area contributed by atoms with E-state index in [1.54, 1.807) is 0 Å². The van der Waals surface area contributed by atoms with Crippen molar-refractivity contribution in [3.8, 4) is 0 Å². The Bertz CT molecular complexity index is 346. The van der Waals surface area contributed by atoms with Crippen molar-refractivity contribution < 1.29 is 0 Å². The molecule has 0 aliphatic heterocycles. The Balaban J connectivity index is 2.91. The molecule has 0 heterocycles. The lowest BCUT2D eigenvalue weighted by molar-refractivity contribution is 0.352. The summed E-state index contributed by atoms with van der Waals surface area (Å²) in [6, 6.07) is 0. The smallest absolute Gasteiger partial charge is 0.188 e. The molecule has 0 bridgehead atoms. The van der Waals surface area contributed by atoms with Crippen molar-refractivity contribution in [2.24, 2.45) is 23.7 Å². The molecule has 1 fully saturated rings. The number of nitrogens with one attached hydrogen (secondary N) is 2. The highest BCUT2D eigenvalue weighted by Gasteiger charge is 2.51. The van der Waals surface area contributed by atoms with Crippen molar-refractivity contribution >= 4 is 16.6 Å². The highest BCUT2D eigenvalue weighted by Crippen LogP contribution is 2.52. The molecule has 1 saturated carbocycles. The first-order valence-electron chi connectivity index (χ1n) is 8.76. The van der Waals surface area contributed by atoms with Gasteiger partial charge in [-0.1, -0.05) is 40.8 Å². The van der Waals surface area contributed by atoms with E-state index in [1.165, 1.54) is 0 Å². The molecule has 2 nitrogen and oxygen atoms in total. The summed E-state index contributed by atoms with van der Waals surface area (Å²) in [5.74, 6) is 3.42. The Kier molecular flexibility index (Phi) is 5.64. The summed E-state index contributed by atoms with van der Waals surface area (Å²) in [5, 5.41) is 0. The monoisotopic (exact) mass is 328 g/mol. The maximum Gasteiger partial charge on any atom is 0.188 e. The van der Waals surface area contributed by atoms with Gasteiger partial charge in [0.05, 0.1) is 0 Å². The van der Waals surface area contributed by atoms with Gasteiger partial charge in [-0.15, -0.1) is 0 Å². The topological polar surface area (TPSA) is 24.1 Å². The van der Waals surface area contributed by atoms with Gasteiger partial charge in [-0.2, -0.15) is 0 Å². The fraction of sp³-hybridized carbons (Fsp3) is 1.00. The summed E-state index contributed by atoms with van der Waals surface area (Å²) < 4.78 is 4.20. The third-order valence-corrected chi connectivity index (χ3v) is 14.9. The van der Waals surface area contributed by atoms with Crippen LogP contribution >= 0.6 is 0 Å². The average Bonchev–Trinajstić information content (AvgIpc) is 2.37. The van der Waals surface area contributed by atoms with Crippen molar-refractivity contribution in [1.29, 1.82) is 0 Å². The van der Waals surface area contributed by atoms with Crippen molar-refractivity contribution in [3.05, 3.63) is 0 Å². The molecule has 0 saturated heterocycles. The van der Waals surface area contributed by atoms with E-state index in [0.29, 0.717) is 0 Å². The largest absolute Gasteiger partial charge is 0.347 e. The molecule has 0 radical (unpaired) electrons. The summed E-state index contributed by atoms with van der Waals surface area (Å²) in [6.07, 6.45) is 0. The van der Waals surface area contributed by atoms with Crippen LogP contribution in [0, 0.1) is 23.7 Å². The van der Waals surface area contributed by atoms with Crippen molar-refractivity contribution in [3.63, 3.8) is 0 Å². The maximum atomic E-state index is 4.20. The minimum atomic E-state index is -1.58. The van der Waals surface area contributed by atoms with Crippen molar-refractivity contribution in [2.45, 2.75) is 85.7 Å². The normalized spacial score (nSPS) is 35.3. The van der Waals surface area contributed by atoms with Crippen LogP contribution < -0.4 is 9.63 Å². The standard InChI is InChI=1S/C17H40N2Si2/c1-12-13(2)15(4)16(14(12)3)20(8,9)19-21(10,11)18-17(5,6)7/h12-16,18-19H,1-11H3. The Morgan fingerprint density at radius 2 is 1.10 bits per heavy atom. The first-order chi connectivity index (χ1) is 9.18. The average molecular weight is 329 g/mol. The first-order valence-corrected chi connectivity index (χ1v) is 14.8. The maximum absolute atomic E-state index is 4.20. The predicted octanol–water partition coefficient (Wildman–Crippen LogP) is 4.80. The van der Waals surface area contributed by atoms with Gasteiger partial charge < -0.3 is 9.63 Å². The van der Waals surface area contributed by atoms with Gasteiger partial charge >= 0.3 is 0 Å². The lowest BCUT2D eigenvalue weighted by Crippen LogP contribution is -2.71. The van der Waals surface area contributed by atoms with Gasteiger partial charge in [0.2, 0.25) is 0 Å². The molecular formula is C17H40N2Si2. The fourth-order valence-electron chi connectivity index (χ4n) is 5.26. The summed E-state index contributed by atoms with van der Waals surface area (Å²) in [5.41, 5.74) is 1.08. The molecular weight excluding hydrogens is 288 g/mol. The van der Waals surface area contributed by atoms with Gasteiger partial charge in [0.15, 0.2) is 8.40 Å². The Morgan fingerprint density at radius 1 is 0.714 bits per heavy atom. The molecule has 2 N–H and O–H groups in total. The Hall–Kier alpha value is 0.354. The molecule has 1 aliphatic carbocycles. The van der Waals surface area contributed by atoms with Gasteiger partial charge in [0, 0.05) is 5.54 Å². The quantitative estimate of drug-likeness (QED) is 0.724. The number of hydrogen-bond acceptors (Lipinski definition) is 2. The molecule has 4 atom stereocenters. The molecule has 1 aliphatic rings. The predicted molar refractivity (Wildman–Crippen MR) is 101 cm³/mol. The summed E-state index contributed by atoms with van der Waals surface area (Å²) in [6.45, 7) is 26.8. The van der Waals surface area contributed by atoms with Crippen LogP contribution in [0.2, 0.25) is 31.7 Å². The SMILES string of the molecule is CC1C(C)C(C)C([Si](C)(C)N[Si](C)(C)NC(C)(C)C)C1C. The van der Waals surface area contributed by atoms with Crippen LogP contribution in [0.4, 0.5) is 0 Å². The third-order valence-electron chi connectivity index (χ3n) is 5.78. The van der Waals surface area contributed by atoms with E-state index in [0.717, 1.165) is 29.2 Å². The molecule has 0 aromatic heterocycles. The van der Waals surface area contributed by atoms with E-state index < -0.39 is 16.6 Å². The lowest BCUT2D eigenvalue weighted by Gasteiger charge is -2.44. The second-order valence-corrected chi connectivity index (χ2v) is 18.4. The van der Waals surface area contributed by atoms with E-state index in [-0.39, 0.29) is 5.54 Å². The third kappa shape index (κ3) is 4.66. The van der Waals surface area contributed by atoms with Gasteiger partial charge in [-0.05, 0) is 63.1 Å². The fourth-order valence-corrected chi connectivity index (χ4v) is 17.7. The van der Waals surface area contributed by atoms with E-state index in [2.05, 4.69) is 84.3 Å². The first kappa shape index (κ1) is 19.4. The van der Waals surface area contributed by atoms with Gasteiger partial charge in [0.1, 0.15) is 8.24 Å². The molecule has 4 unspecified atom stereocenters. The van der Waals surface area contributed by atoms with E-state index >= 15 is 0 Å². The molecule has 0 amide bonds. The van der Waals surface area contributed by atoms with Crippen LogP contribution in [-0.2, 0) is 0 Å². The second-order valence-electron chi connectivity index (χ2n) is 9.81. The second kappa shape index (κ2) is 6.10. The minimum Gasteiger partial charge on any atom is -0.347 e. The van der Waals surface area contributed by atoms with Crippen LogP contribution in [0.1, 0.15) is 48.5 Å². The summed E-state index contributed by atoms with van der Waals surface area (Å²) in [7, 11) is -3.05. The Morgan fingerprint density at radius 3 is 1.43 bits per heavy atom. The van der Waals surface area contributed by atoms with E-state index in [4.69, 9.17) is 0 Å². The number of rotatable bonds is 4. The minimum absolute atomic E-state index is 0.195. The Labute approximate surface area is 136 Å². The lowest BCUT2D eigenvalue weighted by atomic mass is 9.92. The molecule has 0 spiro atoms. The van der Waals surface area contributed by atoms with Crippen LogP contribution in [0.25, 0.3) is 0 Å². The van der Waals surface area contributed by atoms with Crippen LogP contribution in [0.5, 0.6) is 0 Å². The number of hydrogen-bond donors (Lipinski definition) is 2. The van der Waals surface area contributed by atoms with E-state index in [9.17, 15) is 0 Å². The summed E-state index contributed by atoms with van der Waals surface area (Å²) in [4.78, 5) is 3.89. The highest BCUT2D eigenvalue weighted by molar-refractivity contribution is 6.91. The van der Waals surface area contributed by atoms with Crippen molar-refractivity contribution in [1.82, 2.24) is 9.63 Å². The van der Waals surface area contributed by atoms with Crippen LogP contribution in [-0.4, -0.2) is 22.2 Å². The summed E-state index contributed by atoms with van der Waals surface area (Å²) >= 11 is 0. The highest BCUT2D eigenvalue weighted by atomic mass is 28.4. The molecule has 4 heteroatoms. The zero-order valence-corrected chi connectivity index (χ0v) is 18.4. The molecule has 0 aromatic carbocycles. The van der Waals surface area contributed by atoms with Crippen LogP contribution in [0.3, 0.4) is 0 Å². The zero-order valence-electron chi connectivity index (χ0n) is 16.4.